The third-order valence-electron chi connectivity index (χ3n) is 3.46. The molecule has 12 heavy (non-hydrogen) atoms. The molecule has 68 valence electrons. The van der Waals surface area contributed by atoms with Gasteiger partial charge in [-0.1, -0.05) is 6.92 Å². The van der Waals surface area contributed by atoms with Gasteiger partial charge >= 0.3 is 5.97 Å². The number of ether oxygens (including phenoxy) is 1. The summed E-state index contributed by atoms with van der Waals surface area (Å²) in [7, 11) is 0. The quantitative estimate of drug-likeness (QED) is 0.560. The molecule has 2 saturated carbocycles. The van der Waals surface area contributed by atoms with E-state index in [0.29, 0.717) is 5.92 Å². The van der Waals surface area contributed by atoms with Gasteiger partial charge in [0.15, 0.2) is 0 Å². The van der Waals surface area contributed by atoms with E-state index >= 15 is 0 Å². The van der Waals surface area contributed by atoms with Crippen LogP contribution in [0.3, 0.4) is 0 Å². The molecule has 0 radical (unpaired) electrons. The molecule has 0 amide bonds. The van der Waals surface area contributed by atoms with Crippen molar-refractivity contribution in [2.45, 2.75) is 39.2 Å². The van der Waals surface area contributed by atoms with Crippen LogP contribution in [0.1, 0.15) is 33.1 Å². The van der Waals surface area contributed by atoms with Gasteiger partial charge < -0.3 is 4.74 Å². The van der Waals surface area contributed by atoms with Crippen LogP contribution in [0.5, 0.6) is 0 Å². The standard InChI is InChI=1S/C10H16O2/c1-6-3-9-4-8(6)5-10(9)12-7(2)11/h6,8-10H,3-5H2,1-2H3/t6-,8-,9+,10+/m0/s1. The number of carbonyl (C=O) groups excluding carboxylic acids is 1. The fourth-order valence-electron chi connectivity index (χ4n) is 2.87. The van der Waals surface area contributed by atoms with Crippen LogP contribution >= 0.6 is 0 Å². The van der Waals surface area contributed by atoms with Gasteiger partial charge in [0.2, 0.25) is 0 Å². The summed E-state index contributed by atoms with van der Waals surface area (Å²) < 4.78 is 5.25. The summed E-state index contributed by atoms with van der Waals surface area (Å²) in [6.07, 6.45) is 3.93. The van der Waals surface area contributed by atoms with E-state index in [0.717, 1.165) is 18.3 Å². The predicted octanol–water partition coefficient (Wildman–Crippen LogP) is 1.98. The Hall–Kier alpha value is -0.530. The van der Waals surface area contributed by atoms with Crippen molar-refractivity contribution in [1.82, 2.24) is 0 Å². The van der Waals surface area contributed by atoms with E-state index in [-0.39, 0.29) is 12.1 Å². The van der Waals surface area contributed by atoms with Crippen molar-refractivity contribution < 1.29 is 9.53 Å². The monoisotopic (exact) mass is 168 g/mol. The molecule has 2 heteroatoms. The molecule has 2 bridgehead atoms. The van der Waals surface area contributed by atoms with E-state index in [2.05, 4.69) is 6.92 Å². The largest absolute Gasteiger partial charge is 0.462 e. The first-order chi connectivity index (χ1) is 5.66. The van der Waals surface area contributed by atoms with E-state index < -0.39 is 0 Å². The molecule has 0 saturated heterocycles. The van der Waals surface area contributed by atoms with E-state index in [1.54, 1.807) is 0 Å². The normalized spacial score (nSPS) is 44.8. The second-order valence-corrected chi connectivity index (χ2v) is 4.35. The van der Waals surface area contributed by atoms with Crippen LogP contribution in [0, 0.1) is 17.8 Å². The molecule has 0 aromatic carbocycles. The summed E-state index contributed by atoms with van der Waals surface area (Å²) in [5, 5.41) is 0. The van der Waals surface area contributed by atoms with Crippen molar-refractivity contribution in [3.8, 4) is 0 Å². The summed E-state index contributed by atoms with van der Waals surface area (Å²) >= 11 is 0. The molecule has 0 aliphatic heterocycles. The van der Waals surface area contributed by atoms with Crippen LogP contribution in [0.2, 0.25) is 0 Å². The molecule has 4 atom stereocenters. The maximum atomic E-state index is 10.7. The van der Waals surface area contributed by atoms with Gasteiger partial charge in [-0.2, -0.15) is 0 Å². The van der Waals surface area contributed by atoms with Gasteiger partial charge in [0.25, 0.3) is 0 Å². The van der Waals surface area contributed by atoms with Gasteiger partial charge in [-0.3, -0.25) is 4.79 Å². The molecule has 2 rings (SSSR count). The Morgan fingerprint density at radius 3 is 2.42 bits per heavy atom. The second-order valence-electron chi connectivity index (χ2n) is 4.35. The molecule has 2 aliphatic carbocycles. The first-order valence-corrected chi connectivity index (χ1v) is 4.84. The highest BCUT2D eigenvalue weighted by atomic mass is 16.5. The number of fused-ring (bicyclic) bond motifs is 2. The van der Waals surface area contributed by atoms with Crippen LogP contribution in [-0.2, 0) is 9.53 Å². The summed E-state index contributed by atoms with van der Waals surface area (Å²) in [6.45, 7) is 3.82. The lowest BCUT2D eigenvalue weighted by atomic mass is 9.89. The molecular weight excluding hydrogens is 152 g/mol. The predicted molar refractivity (Wildman–Crippen MR) is 45.5 cm³/mol. The van der Waals surface area contributed by atoms with E-state index in [9.17, 15) is 4.79 Å². The second kappa shape index (κ2) is 2.75. The molecule has 0 aromatic heterocycles. The Kier molecular flexibility index (Phi) is 1.85. The fraction of sp³-hybridized carbons (Fsp3) is 0.900. The summed E-state index contributed by atoms with van der Waals surface area (Å²) in [4.78, 5) is 10.7. The number of esters is 1. The Morgan fingerprint density at radius 2 is 2.00 bits per heavy atom. The molecule has 0 spiro atoms. The number of hydrogen-bond donors (Lipinski definition) is 0. The van der Waals surface area contributed by atoms with Gasteiger partial charge in [0.05, 0.1) is 0 Å². The number of carbonyl (C=O) groups is 1. The van der Waals surface area contributed by atoms with Crippen molar-refractivity contribution in [2.24, 2.45) is 17.8 Å². The van der Waals surface area contributed by atoms with Gasteiger partial charge in [-0.15, -0.1) is 0 Å². The van der Waals surface area contributed by atoms with Crippen LogP contribution in [0.25, 0.3) is 0 Å². The Balaban J connectivity index is 1.94. The van der Waals surface area contributed by atoms with Gasteiger partial charge in [0.1, 0.15) is 6.10 Å². The van der Waals surface area contributed by atoms with Crippen LogP contribution < -0.4 is 0 Å². The Bertz CT molecular complexity index is 198. The van der Waals surface area contributed by atoms with Crippen molar-refractivity contribution in [3.05, 3.63) is 0 Å². The minimum Gasteiger partial charge on any atom is -0.462 e. The zero-order valence-electron chi connectivity index (χ0n) is 7.75. The van der Waals surface area contributed by atoms with Gasteiger partial charge in [-0.25, -0.2) is 0 Å². The minimum atomic E-state index is -0.111. The van der Waals surface area contributed by atoms with Crippen molar-refractivity contribution >= 4 is 5.97 Å². The summed E-state index contributed by atoms with van der Waals surface area (Å²) in [5.41, 5.74) is 0. The molecule has 2 nitrogen and oxygen atoms in total. The first-order valence-electron chi connectivity index (χ1n) is 4.84. The van der Waals surface area contributed by atoms with E-state index in [1.807, 2.05) is 0 Å². The lowest BCUT2D eigenvalue weighted by Crippen LogP contribution is -2.25. The average molecular weight is 168 g/mol. The average Bonchev–Trinajstić information content (AvgIpc) is 2.44. The third kappa shape index (κ3) is 1.23. The highest BCUT2D eigenvalue weighted by Gasteiger charge is 2.45. The van der Waals surface area contributed by atoms with Crippen molar-refractivity contribution in [2.75, 3.05) is 0 Å². The third-order valence-corrected chi connectivity index (χ3v) is 3.46. The lowest BCUT2D eigenvalue weighted by molar-refractivity contribution is -0.149. The SMILES string of the molecule is CC(=O)O[C@@H]1C[C@@H]2C[C@H]1C[C@@H]2C. The van der Waals surface area contributed by atoms with E-state index in [4.69, 9.17) is 4.74 Å². The maximum absolute atomic E-state index is 10.7. The first kappa shape index (κ1) is 8.09. The lowest BCUT2D eigenvalue weighted by Gasteiger charge is -2.24. The highest BCUT2D eigenvalue weighted by molar-refractivity contribution is 5.66. The summed E-state index contributed by atoms with van der Waals surface area (Å²) in [5.74, 6) is 2.26. The summed E-state index contributed by atoms with van der Waals surface area (Å²) in [6, 6.07) is 0. The molecule has 2 aliphatic rings. The molecular formula is C10H16O2. The van der Waals surface area contributed by atoms with Crippen molar-refractivity contribution in [1.29, 1.82) is 0 Å². The minimum absolute atomic E-state index is 0.111. The number of hydrogen-bond acceptors (Lipinski definition) is 2. The zero-order valence-corrected chi connectivity index (χ0v) is 7.75. The molecule has 0 N–H and O–H groups in total. The smallest absolute Gasteiger partial charge is 0.302 e. The number of rotatable bonds is 1. The van der Waals surface area contributed by atoms with Crippen LogP contribution in [0.4, 0.5) is 0 Å². The fourth-order valence-corrected chi connectivity index (χ4v) is 2.87. The highest BCUT2D eigenvalue weighted by Crippen LogP contribution is 2.49. The van der Waals surface area contributed by atoms with Crippen LogP contribution in [0.15, 0.2) is 0 Å². The van der Waals surface area contributed by atoms with Crippen molar-refractivity contribution in [3.63, 3.8) is 0 Å². The van der Waals surface area contributed by atoms with Gasteiger partial charge in [-0.05, 0) is 37.0 Å². The van der Waals surface area contributed by atoms with E-state index in [1.165, 1.54) is 19.8 Å². The molecule has 0 heterocycles. The molecule has 2 fully saturated rings. The topological polar surface area (TPSA) is 26.3 Å². The van der Waals surface area contributed by atoms with Crippen LogP contribution in [-0.4, -0.2) is 12.1 Å². The molecule has 0 unspecified atom stereocenters. The molecule has 0 aromatic rings. The Labute approximate surface area is 73.3 Å². The maximum Gasteiger partial charge on any atom is 0.302 e. The Morgan fingerprint density at radius 1 is 1.25 bits per heavy atom. The van der Waals surface area contributed by atoms with Gasteiger partial charge in [0, 0.05) is 6.92 Å². The zero-order chi connectivity index (χ0) is 8.72.